The second-order valence-corrected chi connectivity index (χ2v) is 8.04. The predicted molar refractivity (Wildman–Crippen MR) is 108 cm³/mol. The molecule has 0 radical (unpaired) electrons. The van der Waals surface area contributed by atoms with E-state index in [0.717, 1.165) is 0 Å². The maximum atomic E-state index is 14.9. The lowest BCUT2D eigenvalue weighted by atomic mass is 9.79. The fraction of sp³-hybridized carbons (Fsp3) is 0.300. The number of anilines is 1. The van der Waals surface area contributed by atoms with E-state index >= 15 is 0 Å². The maximum Gasteiger partial charge on any atom is 0.274 e. The van der Waals surface area contributed by atoms with Gasteiger partial charge in [-0.25, -0.2) is 14.4 Å². The fourth-order valence-corrected chi connectivity index (χ4v) is 4.85. The predicted octanol–water partition coefficient (Wildman–Crippen LogP) is 2.64. The molecule has 2 aliphatic heterocycles. The molecule has 1 fully saturated rings. The molecule has 9 heteroatoms. The first-order valence-corrected chi connectivity index (χ1v) is 9.99. The Balaban J connectivity index is 1.67. The second-order valence-electron chi connectivity index (χ2n) is 7.00. The second kappa shape index (κ2) is 7.46. The summed E-state index contributed by atoms with van der Waals surface area (Å²) in [4.78, 5) is 21.1. The van der Waals surface area contributed by atoms with Crippen LogP contribution in [0.15, 0.2) is 41.5 Å². The van der Waals surface area contributed by atoms with Crippen molar-refractivity contribution in [2.45, 2.75) is 18.6 Å². The van der Waals surface area contributed by atoms with Gasteiger partial charge in [0.15, 0.2) is 5.17 Å². The summed E-state index contributed by atoms with van der Waals surface area (Å²) < 4.78 is 20.7. The number of aromatic nitrogens is 1. The van der Waals surface area contributed by atoms with E-state index in [1.54, 1.807) is 6.07 Å². The monoisotopic (exact) mass is 411 g/mol. The topological polar surface area (TPSA) is 113 Å². The number of nitrogens with zero attached hydrogens (tertiary/aromatic N) is 3. The van der Waals surface area contributed by atoms with Gasteiger partial charge in [-0.05, 0) is 37.3 Å². The number of carbonyl (C=O) groups is 1. The average Bonchev–Trinajstić information content (AvgIpc) is 3.06. The van der Waals surface area contributed by atoms with Gasteiger partial charge in [0, 0.05) is 29.1 Å². The Morgan fingerprint density at radius 3 is 3.00 bits per heavy atom. The molecule has 2 aromatic rings. The van der Waals surface area contributed by atoms with E-state index in [1.807, 2.05) is 13.0 Å². The summed E-state index contributed by atoms with van der Waals surface area (Å²) in [6.45, 7) is 2.18. The van der Waals surface area contributed by atoms with Gasteiger partial charge in [-0.15, -0.1) is 0 Å². The molecule has 0 unspecified atom stereocenters. The van der Waals surface area contributed by atoms with Crippen molar-refractivity contribution in [1.29, 1.82) is 5.26 Å². The van der Waals surface area contributed by atoms with Gasteiger partial charge in [-0.1, -0.05) is 11.8 Å². The Hall–Kier alpha value is -2.96. The van der Waals surface area contributed by atoms with Crippen molar-refractivity contribution < 1.29 is 13.9 Å². The van der Waals surface area contributed by atoms with Crippen molar-refractivity contribution in [2.24, 2.45) is 16.6 Å². The normalized spacial score (nSPS) is 25.6. The number of amidine groups is 1. The van der Waals surface area contributed by atoms with Crippen molar-refractivity contribution in [3.63, 3.8) is 0 Å². The lowest BCUT2D eigenvalue weighted by molar-refractivity contribution is 0.102. The van der Waals surface area contributed by atoms with Crippen molar-refractivity contribution in [1.82, 2.24) is 4.98 Å². The highest BCUT2D eigenvalue weighted by molar-refractivity contribution is 8.13. The molecule has 7 nitrogen and oxygen atoms in total. The minimum absolute atomic E-state index is 0.0274. The van der Waals surface area contributed by atoms with Crippen LogP contribution in [0.1, 0.15) is 28.5 Å². The number of halogens is 1. The molecule has 0 bridgehead atoms. The van der Waals surface area contributed by atoms with Crippen molar-refractivity contribution in [3.05, 3.63) is 59.2 Å². The fourth-order valence-electron chi connectivity index (χ4n) is 3.72. The highest BCUT2D eigenvalue weighted by atomic mass is 32.2. The number of pyridine rings is 1. The number of rotatable bonds is 3. The molecule has 1 saturated heterocycles. The summed E-state index contributed by atoms with van der Waals surface area (Å²) in [6, 6.07) is 9.29. The van der Waals surface area contributed by atoms with E-state index in [-0.39, 0.29) is 24.3 Å². The number of carbonyl (C=O) groups excluding carboxylic acids is 1. The van der Waals surface area contributed by atoms with Crippen LogP contribution in [0.5, 0.6) is 0 Å². The Morgan fingerprint density at radius 2 is 2.28 bits per heavy atom. The smallest absolute Gasteiger partial charge is 0.274 e. The molecule has 1 aromatic carbocycles. The first-order chi connectivity index (χ1) is 13.9. The van der Waals surface area contributed by atoms with E-state index < -0.39 is 17.3 Å². The summed E-state index contributed by atoms with van der Waals surface area (Å²) in [7, 11) is 0. The molecule has 1 amide bonds. The summed E-state index contributed by atoms with van der Waals surface area (Å²) in [5, 5.41) is 12.0. The van der Waals surface area contributed by atoms with E-state index in [2.05, 4.69) is 15.3 Å². The Bertz CT molecular complexity index is 1040. The van der Waals surface area contributed by atoms with E-state index in [4.69, 9.17) is 15.7 Å². The summed E-state index contributed by atoms with van der Waals surface area (Å²) in [5.41, 5.74) is 6.32. The van der Waals surface area contributed by atoms with Gasteiger partial charge < -0.3 is 15.8 Å². The van der Waals surface area contributed by atoms with Crippen LogP contribution in [0.25, 0.3) is 0 Å². The first-order valence-electron chi connectivity index (χ1n) is 9.00. The molecule has 1 aromatic heterocycles. The molecule has 2 aliphatic rings. The number of nitrogens with two attached hydrogens (primary N) is 1. The number of nitrogens with one attached hydrogen (secondary N) is 1. The molecule has 3 N–H and O–H groups in total. The number of nitriles is 1. The van der Waals surface area contributed by atoms with Gasteiger partial charge in [0.1, 0.15) is 23.1 Å². The van der Waals surface area contributed by atoms with Crippen LogP contribution in [-0.4, -0.2) is 34.5 Å². The van der Waals surface area contributed by atoms with E-state index in [9.17, 15) is 9.18 Å². The molecular weight excluding hydrogens is 393 g/mol. The highest BCUT2D eigenvalue weighted by Gasteiger charge is 2.52. The van der Waals surface area contributed by atoms with Crippen molar-refractivity contribution in [3.8, 4) is 6.07 Å². The molecule has 0 saturated carbocycles. The van der Waals surface area contributed by atoms with Crippen LogP contribution in [0.2, 0.25) is 0 Å². The lowest BCUT2D eigenvalue weighted by Crippen LogP contribution is -2.41. The van der Waals surface area contributed by atoms with Crippen LogP contribution in [0.4, 0.5) is 10.1 Å². The van der Waals surface area contributed by atoms with Crippen molar-refractivity contribution >= 4 is 28.5 Å². The third-order valence-electron chi connectivity index (χ3n) is 5.28. The number of thioether (sulfide) groups is 1. The largest absolute Gasteiger partial charge is 0.379 e. The van der Waals surface area contributed by atoms with Gasteiger partial charge >= 0.3 is 0 Å². The molecule has 3 heterocycles. The number of hydrogen-bond acceptors (Lipinski definition) is 7. The van der Waals surface area contributed by atoms with E-state index in [1.165, 1.54) is 42.2 Å². The van der Waals surface area contributed by atoms with E-state index in [0.29, 0.717) is 27.7 Å². The number of benzene rings is 1. The van der Waals surface area contributed by atoms with Gasteiger partial charge in [-0.3, -0.25) is 4.79 Å². The Morgan fingerprint density at radius 1 is 1.45 bits per heavy atom. The maximum absolute atomic E-state index is 14.9. The van der Waals surface area contributed by atoms with Crippen LogP contribution in [-0.2, 0) is 10.3 Å². The summed E-state index contributed by atoms with van der Waals surface area (Å²) >= 11 is 1.44. The number of hydrogen-bond donors (Lipinski definition) is 2. The molecule has 29 heavy (non-hydrogen) atoms. The first kappa shape index (κ1) is 19.4. The lowest BCUT2D eigenvalue weighted by Gasteiger charge is -2.35. The quantitative estimate of drug-likeness (QED) is 0.803. The van der Waals surface area contributed by atoms with Crippen LogP contribution >= 0.6 is 11.8 Å². The number of aliphatic imine (C=N–C) groups is 1. The molecule has 148 valence electrons. The van der Waals surface area contributed by atoms with Gasteiger partial charge in [0.25, 0.3) is 5.91 Å². The van der Waals surface area contributed by atoms with Gasteiger partial charge in [0.05, 0.1) is 18.3 Å². The highest BCUT2D eigenvalue weighted by Crippen LogP contribution is 2.48. The number of amides is 1. The van der Waals surface area contributed by atoms with Gasteiger partial charge in [0.2, 0.25) is 0 Å². The Kier molecular flexibility index (Phi) is 4.98. The zero-order chi connectivity index (χ0) is 20.6. The van der Waals surface area contributed by atoms with Crippen molar-refractivity contribution in [2.75, 3.05) is 17.7 Å². The molecular formula is C20H18FN5O2S. The minimum Gasteiger partial charge on any atom is -0.379 e. The SMILES string of the molecule is C[C@@H]1OC[C@@]2(c3cc(NC(=O)c4ccc(C#N)cn4)ccc3F)N=C(N)SC[C@H]12. The van der Waals surface area contributed by atoms with Crippen LogP contribution in [0.3, 0.4) is 0 Å². The molecule has 4 rings (SSSR count). The zero-order valence-electron chi connectivity index (χ0n) is 15.6. The summed E-state index contributed by atoms with van der Waals surface area (Å²) in [5.74, 6) is -0.229. The minimum atomic E-state index is -0.910. The summed E-state index contributed by atoms with van der Waals surface area (Å²) in [6.07, 6.45) is 1.24. The average molecular weight is 411 g/mol. The molecule has 0 aliphatic carbocycles. The van der Waals surface area contributed by atoms with Gasteiger partial charge in [-0.2, -0.15) is 5.26 Å². The van der Waals surface area contributed by atoms with Crippen LogP contribution < -0.4 is 11.1 Å². The standard InChI is InChI=1S/C20H18FN5O2S/c1-11-15-9-29-19(23)26-20(15,10-28-11)14-6-13(3-4-16(14)21)25-18(27)17-5-2-12(7-22)8-24-17/h2-6,8,11,15H,9-10H2,1H3,(H2,23,26)(H,25,27)/t11-,15+,20-/m0/s1. The third kappa shape index (κ3) is 3.45. The number of ether oxygens (including phenoxy) is 1. The zero-order valence-corrected chi connectivity index (χ0v) is 16.4. The number of fused-ring (bicyclic) bond motifs is 1. The third-order valence-corrected chi connectivity index (χ3v) is 6.20. The molecule has 3 atom stereocenters. The molecule has 0 spiro atoms. The van der Waals surface area contributed by atoms with Crippen LogP contribution in [0, 0.1) is 23.1 Å². The Labute approximate surface area is 171 Å².